The lowest BCUT2D eigenvalue weighted by Crippen LogP contribution is -2.53. The van der Waals surface area contributed by atoms with E-state index in [0.29, 0.717) is 45.3 Å². The molecule has 0 radical (unpaired) electrons. The molecule has 80 heavy (non-hydrogen) atoms. The van der Waals surface area contributed by atoms with Crippen LogP contribution in [0, 0.1) is 24.7 Å². The second kappa shape index (κ2) is 27.7. The summed E-state index contributed by atoms with van der Waals surface area (Å²) in [5.74, 6) is 2.86. The van der Waals surface area contributed by atoms with Crippen molar-refractivity contribution in [2.75, 3.05) is 80.8 Å². The molecule has 0 saturated carbocycles. The molecule has 6 unspecified atom stereocenters. The van der Waals surface area contributed by atoms with Crippen LogP contribution in [0.5, 0.6) is 23.0 Å². The molecule has 2 aliphatic heterocycles. The number of hydrogen-bond acceptors (Lipinski definition) is 16. The van der Waals surface area contributed by atoms with Crippen LogP contribution in [0.1, 0.15) is 59.5 Å². The first-order chi connectivity index (χ1) is 38.1. The van der Waals surface area contributed by atoms with E-state index in [2.05, 4.69) is 11.8 Å². The summed E-state index contributed by atoms with van der Waals surface area (Å²) in [4.78, 5) is 115. The Kier molecular flexibility index (Phi) is 20.7. The zero-order valence-electron chi connectivity index (χ0n) is 45.7. The van der Waals surface area contributed by atoms with Gasteiger partial charge in [0.15, 0.2) is 24.4 Å². The van der Waals surface area contributed by atoms with E-state index >= 15 is 9.59 Å². The highest BCUT2D eigenvalue weighted by Crippen LogP contribution is 2.37. The van der Waals surface area contributed by atoms with E-state index in [4.69, 9.17) is 50.7 Å². The molecule has 4 aromatic rings. The molecule has 2 fully saturated rings. The van der Waals surface area contributed by atoms with E-state index in [1.54, 1.807) is 125 Å². The number of benzene rings is 4. The van der Waals surface area contributed by atoms with Crippen LogP contribution in [-0.2, 0) is 38.1 Å². The van der Waals surface area contributed by atoms with E-state index in [-0.39, 0.29) is 38.2 Å². The number of ether oxygens (including phenoxy) is 8. The van der Waals surface area contributed by atoms with Crippen LogP contribution < -0.4 is 18.9 Å². The highest BCUT2D eigenvalue weighted by atomic mass is 16.6. The van der Waals surface area contributed by atoms with Crippen LogP contribution in [0.2, 0.25) is 0 Å². The summed E-state index contributed by atoms with van der Waals surface area (Å²) in [5.41, 5.74) is 1.78. The topological polar surface area (TPSA) is 230 Å². The molecular weight excluding hydrogens is 1040 g/mol. The molecule has 0 spiro atoms. The van der Waals surface area contributed by atoms with Gasteiger partial charge in [-0.05, 0) is 84.9 Å². The minimum Gasteiger partial charge on any atom is -0.490 e. The van der Waals surface area contributed by atoms with Gasteiger partial charge in [-0.3, -0.25) is 48.4 Å². The fourth-order valence-corrected chi connectivity index (χ4v) is 8.83. The van der Waals surface area contributed by atoms with Crippen LogP contribution in [0.25, 0.3) is 0 Å². The molecule has 6 rings (SSSR count). The summed E-state index contributed by atoms with van der Waals surface area (Å²) in [6, 6.07) is 24.1. The monoisotopic (exact) mass is 1100 g/mol. The Labute approximate surface area is 464 Å². The van der Waals surface area contributed by atoms with Crippen molar-refractivity contribution in [2.45, 2.75) is 64.4 Å². The Hall–Kier alpha value is -9.44. The van der Waals surface area contributed by atoms with Gasteiger partial charge >= 0.3 is 35.9 Å². The first kappa shape index (κ1) is 59.8. The largest absolute Gasteiger partial charge is 0.490 e. The molecule has 6 atom stereocenters. The smallest absolute Gasteiger partial charge is 0.323 e. The van der Waals surface area contributed by atoms with Crippen molar-refractivity contribution in [1.29, 1.82) is 0 Å². The Morgan fingerprint density at radius 2 is 0.725 bits per heavy atom. The van der Waals surface area contributed by atoms with Crippen molar-refractivity contribution in [1.82, 2.24) is 29.4 Å². The number of rotatable bonds is 26. The molecule has 2 heterocycles. The highest BCUT2D eigenvalue weighted by molar-refractivity contribution is 5.94. The Morgan fingerprint density at radius 3 is 0.975 bits per heavy atom. The van der Waals surface area contributed by atoms with Gasteiger partial charge in [0.05, 0.1) is 26.2 Å². The van der Waals surface area contributed by atoms with Crippen molar-refractivity contribution >= 4 is 47.8 Å². The van der Waals surface area contributed by atoms with Gasteiger partial charge in [-0.25, -0.2) is 9.59 Å². The summed E-state index contributed by atoms with van der Waals surface area (Å²) in [6.45, 7) is 1.72. The summed E-state index contributed by atoms with van der Waals surface area (Å²) in [5, 5.41) is 0. The van der Waals surface area contributed by atoms with Gasteiger partial charge in [0, 0.05) is 78.1 Å². The SMILES string of the molecule is C#Cc1cccc(OCC(CN2C(=O)N(CC(COc3ccc(C(=O)N(C)C)cc3)OC(C)=O)C3C2N(CC(COc2ccc(C(=O)N(C)C)cc2)OC(C)=O)C(=O)N3CC(COc2cccc(C#C)c2)OC(C)=O)OC(C)=O)c1. The molecule has 0 aromatic heterocycles. The van der Waals surface area contributed by atoms with Gasteiger partial charge in [-0.2, -0.15) is 0 Å². The zero-order valence-corrected chi connectivity index (χ0v) is 45.7. The molecule has 22 heteroatoms. The Morgan fingerprint density at radius 1 is 0.450 bits per heavy atom. The number of amides is 6. The summed E-state index contributed by atoms with van der Waals surface area (Å²) >= 11 is 0. The van der Waals surface area contributed by atoms with Gasteiger partial charge in [-0.15, -0.1) is 12.8 Å². The third-order valence-electron chi connectivity index (χ3n) is 12.2. The van der Waals surface area contributed by atoms with Gasteiger partial charge < -0.3 is 47.7 Å². The molecular formula is C58H64N6O16. The minimum atomic E-state index is -1.33. The van der Waals surface area contributed by atoms with E-state index < -0.39 is 98.9 Å². The van der Waals surface area contributed by atoms with E-state index in [9.17, 15) is 28.8 Å². The fraction of sp³-hybridized carbons (Fsp3) is 0.379. The lowest BCUT2D eigenvalue weighted by atomic mass is 10.2. The first-order valence-corrected chi connectivity index (χ1v) is 25.3. The quantitative estimate of drug-likeness (QED) is 0.0478. The van der Waals surface area contributed by atoms with Gasteiger partial charge in [-0.1, -0.05) is 24.0 Å². The van der Waals surface area contributed by atoms with Crippen LogP contribution in [0.15, 0.2) is 97.1 Å². The summed E-state index contributed by atoms with van der Waals surface area (Å²) < 4.78 is 47.5. The molecule has 22 nitrogen and oxygen atoms in total. The highest BCUT2D eigenvalue weighted by Gasteiger charge is 2.60. The van der Waals surface area contributed by atoms with Crippen LogP contribution in [0.4, 0.5) is 9.59 Å². The number of terminal acetylenes is 2. The van der Waals surface area contributed by atoms with Crippen LogP contribution in [-0.4, -0.2) is 195 Å². The lowest BCUT2D eigenvalue weighted by molar-refractivity contribution is -0.151. The number of nitrogens with zero attached hydrogens (tertiary/aromatic N) is 6. The molecule has 2 saturated heterocycles. The molecule has 4 aromatic carbocycles. The van der Waals surface area contributed by atoms with E-state index in [0.717, 1.165) is 0 Å². The number of urea groups is 2. The standard InChI is InChI=1S/C58H64N6O16/c1-11-41-15-13-17-47(27-41)75-35-51(79-39(5)67)31-63-53-54(62(57(63)71)30-50(78-38(4)66)34-74-46-25-21-44(22-26-46)56(70)60(9)10)64(32-52(80-40(6)68)36-76-48-18-14-16-42(12-2)28-48)58(72)61(53)29-49(77-37(3)65)33-73-45-23-19-43(20-24-45)55(69)59(7)8/h1-2,13-28,49-54H,29-36H2,3-10H3. The number of carbonyl (C=O) groups excluding carboxylic acids is 8. The molecule has 0 bridgehead atoms. The maximum atomic E-state index is 15.5. The molecule has 2 aliphatic rings. The first-order valence-electron chi connectivity index (χ1n) is 25.3. The van der Waals surface area contributed by atoms with Crippen molar-refractivity contribution in [2.24, 2.45) is 0 Å². The van der Waals surface area contributed by atoms with Crippen molar-refractivity contribution < 1.29 is 76.3 Å². The third kappa shape index (κ3) is 16.3. The number of fused-ring (bicyclic) bond motifs is 1. The predicted octanol–water partition coefficient (Wildman–Crippen LogP) is 4.52. The number of hydrogen-bond donors (Lipinski definition) is 0. The van der Waals surface area contributed by atoms with Gasteiger partial charge in [0.1, 0.15) is 61.8 Å². The second-order valence-electron chi connectivity index (χ2n) is 19.0. The molecule has 0 N–H and O–H groups in total. The second-order valence-corrected chi connectivity index (χ2v) is 19.0. The number of esters is 4. The van der Waals surface area contributed by atoms with Crippen LogP contribution in [0.3, 0.4) is 0 Å². The van der Waals surface area contributed by atoms with Crippen LogP contribution >= 0.6 is 0 Å². The normalized spacial score (nSPS) is 15.9. The minimum absolute atomic E-state index is 0.247. The molecule has 0 aliphatic carbocycles. The molecule has 6 amide bonds. The Balaban J connectivity index is 1.43. The van der Waals surface area contributed by atoms with Crippen molar-refractivity contribution in [3.63, 3.8) is 0 Å². The predicted molar refractivity (Wildman–Crippen MR) is 287 cm³/mol. The third-order valence-corrected chi connectivity index (χ3v) is 12.2. The van der Waals surface area contributed by atoms with E-state index in [1.807, 2.05) is 0 Å². The maximum Gasteiger partial charge on any atom is 0.323 e. The summed E-state index contributed by atoms with van der Waals surface area (Å²) in [7, 11) is 6.45. The average Bonchev–Trinajstić information content (AvgIpc) is 4.03. The summed E-state index contributed by atoms with van der Waals surface area (Å²) in [6.07, 6.45) is 3.76. The van der Waals surface area contributed by atoms with Crippen molar-refractivity contribution in [3.05, 3.63) is 119 Å². The lowest BCUT2D eigenvalue weighted by Gasteiger charge is -2.34. The zero-order chi connectivity index (χ0) is 58.2. The van der Waals surface area contributed by atoms with Gasteiger partial charge in [0.2, 0.25) is 0 Å². The Bertz CT molecular complexity index is 2770. The maximum absolute atomic E-state index is 15.5. The van der Waals surface area contributed by atoms with Crippen molar-refractivity contribution in [3.8, 4) is 47.7 Å². The number of carbonyl (C=O) groups is 8. The fourth-order valence-electron chi connectivity index (χ4n) is 8.83. The van der Waals surface area contributed by atoms with E-state index in [1.165, 1.54) is 57.1 Å². The molecule has 422 valence electrons. The van der Waals surface area contributed by atoms with Gasteiger partial charge in [0.25, 0.3) is 11.8 Å². The average molecular weight is 1100 g/mol.